The molecule has 0 bridgehead atoms. The smallest absolute Gasteiger partial charge is 0.253 e. The van der Waals surface area contributed by atoms with Crippen molar-refractivity contribution in [1.82, 2.24) is 10.2 Å². The number of carbonyl (C=O) groups excluding carboxylic acids is 2. The van der Waals surface area contributed by atoms with Gasteiger partial charge in [-0.05, 0) is 48.4 Å². The van der Waals surface area contributed by atoms with E-state index < -0.39 is 11.7 Å². The Morgan fingerprint density at radius 1 is 1.10 bits per heavy atom. The lowest BCUT2D eigenvalue weighted by atomic mass is 9.88. The van der Waals surface area contributed by atoms with Gasteiger partial charge in [-0.15, -0.1) is 0 Å². The molecule has 0 unspecified atom stereocenters. The van der Waals surface area contributed by atoms with E-state index in [9.17, 15) is 18.4 Å². The number of nitrogens with zero attached hydrogens (tertiary/aromatic N) is 1. The number of halogens is 2. The summed E-state index contributed by atoms with van der Waals surface area (Å²) in [5.74, 6) is -2.08. The minimum Gasteiger partial charge on any atom is -0.385 e. The quantitative estimate of drug-likeness (QED) is 0.725. The molecule has 5 nitrogen and oxygen atoms in total. The van der Waals surface area contributed by atoms with Gasteiger partial charge in [-0.1, -0.05) is 12.1 Å². The highest BCUT2D eigenvalue weighted by atomic mass is 19.1. The van der Waals surface area contributed by atoms with E-state index in [0.29, 0.717) is 30.7 Å². The van der Waals surface area contributed by atoms with Crippen molar-refractivity contribution in [2.24, 2.45) is 5.92 Å². The van der Waals surface area contributed by atoms with Crippen LogP contribution in [-0.2, 0) is 9.53 Å². The molecule has 0 saturated carbocycles. The van der Waals surface area contributed by atoms with Crippen LogP contribution in [0.25, 0.3) is 0 Å². The predicted molar refractivity (Wildman–Crippen MR) is 104 cm³/mol. The van der Waals surface area contributed by atoms with Crippen LogP contribution >= 0.6 is 0 Å². The number of hydrogen-bond acceptors (Lipinski definition) is 3. The summed E-state index contributed by atoms with van der Waals surface area (Å²) in [5, 5.41) is 2.88. The van der Waals surface area contributed by atoms with Crippen molar-refractivity contribution in [3.05, 3.63) is 71.3 Å². The first-order valence-corrected chi connectivity index (χ1v) is 9.56. The molecule has 2 amide bonds. The molecule has 3 rings (SSSR count). The second-order valence-electron chi connectivity index (χ2n) is 7.12. The van der Waals surface area contributed by atoms with Gasteiger partial charge in [-0.2, -0.15) is 0 Å². The van der Waals surface area contributed by atoms with E-state index in [0.717, 1.165) is 0 Å². The van der Waals surface area contributed by atoms with Gasteiger partial charge in [0.1, 0.15) is 11.6 Å². The molecule has 2 aromatic carbocycles. The van der Waals surface area contributed by atoms with Crippen LogP contribution in [0.15, 0.2) is 48.5 Å². The molecule has 1 aliphatic rings. The monoisotopic (exact) mass is 402 g/mol. The van der Waals surface area contributed by atoms with Crippen LogP contribution in [0.3, 0.4) is 0 Å². The number of carbonyl (C=O) groups is 2. The fourth-order valence-corrected chi connectivity index (χ4v) is 3.64. The molecule has 1 aliphatic heterocycles. The molecule has 7 heteroatoms. The number of amides is 2. The van der Waals surface area contributed by atoms with Gasteiger partial charge < -0.3 is 15.0 Å². The molecule has 1 N–H and O–H groups in total. The number of nitrogens with one attached hydrogen (secondary N) is 1. The minimum absolute atomic E-state index is 0.176. The Balaban J connectivity index is 1.78. The average molecular weight is 402 g/mol. The lowest BCUT2D eigenvalue weighted by Gasteiger charge is -2.18. The van der Waals surface area contributed by atoms with Crippen LogP contribution in [0.1, 0.15) is 28.3 Å². The minimum atomic E-state index is -0.497. The average Bonchev–Trinajstić information content (AvgIpc) is 3.17. The lowest BCUT2D eigenvalue weighted by Crippen LogP contribution is -2.36. The number of benzene rings is 2. The third-order valence-electron chi connectivity index (χ3n) is 5.14. The molecular weight excluding hydrogens is 378 g/mol. The Hall–Kier alpha value is -2.80. The standard InChI is InChI=1S/C22H24F2N2O3/c1-29-11-3-10-25-21(27)20-14-26(22(28)15-6-8-17(23)9-7-15)13-19(20)16-4-2-5-18(24)12-16/h2,4-9,12,19-20H,3,10-11,13-14H2,1H3,(H,25,27)/t19-,20-/m1/s1. The summed E-state index contributed by atoms with van der Waals surface area (Å²) in [6, 6.07) is 11.4. The highest BCUT2D eigenvalue weighted by Crippen LogP contribution is 2.34. The summed E-state index contributed by atoms with van der Waals surface area (Å²) >= 11 is 0. The summed E-state index contributed by atoms with van der Waals surface area (Å²) < 4.78 is 31.9. The van der Waals surface area contributed by atoms with Crippen molar-refractivity contribution in [3.8, 4) is 0 Å². The van der Waals surface area contributed by atoms with Crippen molar-refractivity contribution in [3.63, 3.8) is 0 Å². The summed E-state index contributed by atoms with van der Waals surface area (Å²) in [6.45, 7) is 1.50. The molecule has 0 radical (unpaired) electrons. The van der Waals surface area contributed by atoms with Crippen LogP contribution < -0.4 is 5.32 Å². The summed E-state index contributed by atoms with van der Waals surface area (Å²) in [6.07, 6.45) is 0.678. The SMILES string of the molecule is COCCCNC(=O)[C@@H]1CN(C(=O)c2ccc(F)cc2)C[C@@H]1c1cccc(F)c1. The van der Waals surface area contributed by atoms with Crippen LogP contribution in [0.2, 0.25) is 0 Å². The molecular formula is C22H24F2N2O3. The maximum Gasteiger partial charge on any atom is 0.253 e. The number of rotatable bonds is 7. The fraction of sp³-hybridized carbons (Fsp3) is 0.364. The fourth-order valence-electron chi connectivity index (χ4n) is 3.64. The Bertz CT molecular complexity index is 857. The predicted octanol–water partition coefficient (Wildman–Crippen LogP) is 2.97. The van der Waals surface area contributed by atoms with Crippen LogP contribution in [-0.4, -0.2) is 50.1 Å². The number of likely N-dealkylation sites (tertiary alicyclic amines) is 1. The summed E-state index contributed by atoms with van der Waals surface area (Å²) in [5.41, 5.74) is 1.03. The first kappa shape index (κ1) is 20.9. The van der Waals surface area contributed by atoms with Gasteiger partial charge in [-0.25, -0.2) is 8.78 Å². The molecule has 0 spiro atoms. The number of ether oxygens (including phenoxy) is 1. The second kappa shape index (κ2) is 9.60. The molecule has 1 saturated heterocycles. The zero-order chi connectivity index (χ0) is 20.8. The Morgan fingerprint density at radius 2 is 1.86 bits per heavy atom. The van der Waals surface area contributed by atoms with E-state index in [1.54, 1.807) is 24.1 Å². The third-order valence-corrected chi connectivity index (χ3v) is 5.14. The van der Waals surface area contributed by atoms with Gasteiger partial charge in [0.25, 0.3) is 5.91 Å². The van der Waals surface area contributed by atoms with E-state index in [2.05, 4.69) is 5.32 Å². The van der Waals surface area contributed by atoms with Crippen molar-refractivity contribution < 1.29 is 23.1 Å². The van der Waals surface area contributed by atoms with Crippen LogP contribution in [0, 0.1) is 17.6 Å². The van der Waals surface area contributed by atoms with E-state index in [1.165, 1.54) is 36.4 Å². The Morgan fingerprint density at radius 3 is 2.55 bits per heavy atom. The molecule has 154 valence electrons. The molecule has 1 heterocycles. The van der Waals surface area contributed by atoms with Gasteiger partial charge in [0, 0.05) is 44.8 Å². The molecule has 2 aromatic rings. The highest BCUT2D eigenvalue weighted by Gasteiger charge is 2.40. The zero-order valence-corrected chi connectivity index (χ0v) is 16.2. The number of hydrogen-bond donors (Lipinski definition) is 1. The lowest BCUT2D eigenvalue weighted by molar-refractivity contribution is -0.124. The number of methoxy groups -OCH3 is 1. The second-order valence-corrected chi connectivity index (χ2v) is 7.12. The van der Waals surface area contributed by atoms with Gasteiger partial charge in [0.2, 0.25) is 5.91 Å². The normalized spacial score (nSPS) is 18.7. The first-order valence-electron chi connectivity index (χ1n) is 9.56. The summed E-state index contributed by atoms with van der Waals surface area (Å²) in [4.78, 5) is 27.2. The van der Waals surface area contributed by atoms with E-state index in [1.807, 2.05) is 0 Å². The van der Waals surface area contributed by atoms with Gasteiger partial charge in [0.05, 0.1) is 5.92 Å². The van der Waals surface area contributed by atoms with Gasteiger partial charge in [0.15, 0.2) is 0 Å². The Kier molecular flexibility index (Phi) is 6.93. The van der Waals surface area contributed by atoms with Gasteiger partial charge in [-0.3, -0.25) is 9.59 Å². The molecule has 2 atom stereocenters. The molecule has 0 aliphatic carbocycles. The maximum absolute atomic E-state index is 13.8. The highest BCUT2D eigenvalue weighted by molar-refractivity contribution is 5.95. The van der Waals surface area contributed by atoms with Crippen molar-refractivity contribution >= 4 is 11.8 Å². The van der Waals surface area contributed by atoms with Crippen molar-refractivity contribution in [2.45, 2.75) is 12.3 Å². The molecule has 0 aromatic heterocycles. The maximum atomic E-state index is 13.8. The van der Waals surface area contributed by atoms with Crippen LogP contribution in [0.4, 0.5) is 8.78 Å². The van der Waals surface area contributed by atoms with Gasteiger partial charge >= 0.3 is 0 Å². The van der Waals surface area contributed by atoms with E-state index >= 15 is 0 Å². The van der Waals surface area contributed by atoms with Crippen molar-refractivity contribution in [2.75, 3.05) is 33.4 Å². The zero-order valence-electron chi connectivity index (χ0n) is 16.2. The van der Waals surface area contributed by atoms with E-state index in [4.69, 9.17) is 4.74 Å². The first-order chi connectivity index (χ1) is 14.0. The van der Waals surface area contributed by atoms with E-state index in [-0.39, 0.29) is 36.6 Å². The summed E-state index contributed by atoms with van der Waals surface area (Å²) in [7, 11) is 1.59. The molecule has 1 fully saturated rings. The Labute approximate surface area is 168 Å². The molecule has 29 heavy (non-hydrogen) atoms. The van der Waals surface area contributed by atoms with Crippen LogP contribution in [0.5, 0.6) is 0 Å². The third kappa shape index (κ3) is 5.17. The van der Waals surface area contributed by atoms with Crippen molar-refractivity contribution in [1.29, 1.82) is 0 Å². The largest absolute Gasteiger partial charge is 0.385 e. The topological polar surface area (TPSA) is 58.6 Å².